The van der Waals surface area contributed by atoms with Crippen molar-refractivity contribution >= 4 is 23.5 Å². The van der Waals surface area contributed by atoms with Crippen LogP contribution in [-0.2, 0) is 14.3 Å². The van der Waals surface area contributed by atoms with E-state index in [-0.39, 0.29) is 5.92 Å². The standard InChI is InChI=1S/C24H30N2O6/c1-6-31-18-10-8-17(9-11-18)23(28)26-22(15(2)3)24(29)32-14-21(27)25-19-13-16(4)7-12-20(19)30-5/h7-13,15,22H,6,14H2,1-5H3,(H,25,27)(H,26,28). The minimum absolute atomic E-state index is 0.242. The van der Waals surface area contributed by atoms with Gasteiger partial charge in [0, 0.05) is 5.56 Å². The van der Waals surface area contributed by atoms with Crippen LogP contribution >= 0.6 is 0 Å². The number of methoxy groups -OCH3 is 1. The van der Waals surface area contributed by atoms with Crippen LogP contribution in [0.4, 0.5) is 5.69 Å². The maximum absolute atomic E-state index is 12.6. The first-order chi connectivity index (χ1) is 15.2. The third-order valence-electron chi connectivity index (χ3n) is 4.61. The van der Waals surface area contributed by atoms with E-state index in [0.717, 1.165) is 5.56 Å². The number of ether oxygens (including phenoxy) is 3. The largest absolute Gasteiger partial charge is 0.495 e. The Labute approximate surface area is 188 Å². The van der Waals surface area contributed by atoms with E-state index in [1.165, 1.54) is 7.11 Å². The highest BCUT2D eigenvalue weighted by Gasteiger charge is 2.27. The molecule has 0 aliphatic carbocycles. The van der Waals surface area contributed by atoms with Crippen molar-refractivity contribution in [3.05, 3.63) is 53.6 Å². The molecule has 0 heterocycles. The Morgan fingerprint density at radius 1 is 1.03 bits per heavy atom. The summed E-state index contributed by atoms with van der Waals surface area (Å²) in [5.74, 6) is -0.710. The highest BCUT2D eigenvalue weighted by Crippen LogP contribution is 2.25. The topological polar surface area (TPSA) is 103 Å². The van der Waals surface area contributed by atoms with Crippen molar-refractivity contribution in [2.24, 2.45) is 5.92 Å². The Bertz CT molecular complexity index is 940. The number of nitrogens with one attached hydrogen (secondary N) is 2. The van der Waals surface area contributed by atoms with E-state index in [1.54, 1.807) is 50.2 Å². The first kappa shape index (κ1) is 24.7. The predicted molar refractivity (Wildman–Crippen MR) is 121 cm³/mol. The number of esters is 1. The molecule has 0 aromatic heterocycles. The van der Waals surface area contributed by atoms with Crippen molar-refractivity contribution in [2.45, 2.75) is 33.7 Å². The smallest absolute Gasteiger partial charge is 0.329 e. The van der Waals surface area contributed by atoms with Crippen molar-refractivity contribution < 1.29 is 28.6 Å². The van der Waals surface area contributed by atoms with Gasteiger partial charge in [-0.15, -0.1) is 0 Å². The van der Waals surface area contributed by atoms with Crippen LogP contribution in [0.25, 0.3) is 0 Å². The third kappa shape index (κ3) is 7.01. The van der Waals surface area contributed by atoms with E-state index >= 15 is 0 Å². The van der Waals surface area contributed by atoms with Gasteiger partial charge in [0.1, 0.15) is 17.5 Å². The zero-order valence-electron chi connectivity index (χ0n) is 19.1. The van der Waals surface area contributed by atoms with E-state index in [1.807, 2.05) is 19.9 Å². The van der Waals surface area contributed by atoms with Gasteiger partial charge in [-0.1, -0.05) is 19.9 Å². The van der Waals surface area contributed by atoms with Crippen LogP contribution in [0.5, 0.6) is 11.5 Å². The lowest BCUT2D eigenvalue weighted by molar-refractivity contribution is -0.150. The second-order valence-corrected chi connectivity index (χ2v) is 7.51. The van der Waals surface area contributed by atoms with E-state index in [0.29, 0.717) is 29.4 Å². The Balaban J connectivity index is 1.96. The number of rotatable bonds is 10. The van der Waals surface area contributed by atoms with Gasteiger partial charge in [-0.3, -0.25) is 9.59 Å². The molecule has 0 fully saturated rings. The van der Waals surface area contributed by atoms with Gasteiger partial charge in [-0.25, -0.2) is 4.79 Å². The molecule has 0 radical (unpaired) electrons. The fourth-order valence-electron chi connectivity index (χ4n) is 2.92. The van der Waals surface area contributed by atoms with E-state index < -0.39 is 30.4 Å². The summed E-state index contributed by atoms with van der Waals surface area (Å²) in [6.07, 6.45) is 0. The van der Waals surface area contributed by atoms with Gasteiger partial charge in [0.2, 0.25) is 0 Å². The van der Waals surface area contributed by atoms with Gasteiger partial charge in [0.05, 0.1) is 19.4 Å². The van der Waals surface area contributed by atoms with Crippen LogP contribution in [0.3, 0.4) is 0 Å². The number of aryl methyl sites for hydroxylation is 1. The van der Waals surface area contributed by atoms with Crippen LogP contribution in [-0.4, -0.2) is 44.1 Å². The van der Waals surface area contributed by atoms with Crippen molar-refractivity contribution in [3.63, 3.8) is 0 Å². The van der Waals surface area contributed by atoms with Crippen molar-refractivity contribution in [2.75, 3.05) is 25.6 Å². The Hall–Kier alpha value is -3.55. The maximum atomic E-state index is 12.6. The zero-order chi connectivity index (χ0) is 23.7. The lowest BCUT2D eigenvalue weighted by Gasteiger charge is -2.21. The number of anilines is 1. The lowest BCUT2D eigenvalue weighted by Crippen LogP contribution is -2.45. The molecule has 0 bridgehead atoms. The molecular formula is C24H30N2O6. The summed E-state index contributed by atoms with van der Waals surface area (Å²) in [4.78, 5) is 37.4. The molecule has 0 aliphatic heterocycles. The first-order valence-corrected chi connectivity index (χ1v) is 10.4. The van der Waals surface area contributed by atoms with Crippen LogP contribution in [0.2, 0.25) is 0 Å². The molecule has 2 rings (SSSR count). The molecule has 8 nitrogen and oxygen atoms in total. The number of benzene rings is 2. The minimum atomic E-state index is -0.907. The quantitative estimate of drug-likeness (QED) is 0.547. The number of carbonyl (C=O) groups is 3. The van der Waals surface area contributed by atoms with Gasteiger partial charge < -0.3 is 24.8 Å². The molecule has 2 aromatic rings. The second kappa shape index (κ2) is 11.7. The molecule has 0 aliphatic rings. The highest BCUT2D eigenvalue weighted by molar-refractivity contribution is 5.98. The summed E-state index contributed by atoms with van der Waals surface area (Å²) in [7, 11) is 1.50. The fourth-order valence-corrected chi connectivity index (χ4v) is 2.92. The molecule has 8 heteroatoms. The first-order valence-electron chi connectivity index (χ1n) is 10.4. The number of amides is 2. The monoisotopic (exact) mass is 442 g/mol. The maximum Gasteiger partial charge on any atom is 0.329 e. The number of carbonyl (C=O) groups excluding carboxylic acids is 3. The number of hydrogen-bond donors (Lipinski definition) is 2. The van der Waals surface area contributed by atoms with Gasteiger partial charge in [0.15, 0.2) is 6.61 Å². The van der Waals surface area contributed by atoms with E-state index in [2.05, 4.69) is 10.6 Å². The third-order valence-corrected chi connectivity index (χ3v) is 4.61. The summed E-state index contributed by atoms with van der Waals surface area (Å²) in [6.45, 7) is 7.35. The molecule has 1 atom stereocenters. The Kier molecular flexibility index (Phi) is 9.07. The molecule has 1 unspecified atom stereocenters. The SMILES string of the molecule is CCOc1ccc(C(=O)NC(C(=O)OCC(=O)Nc2cc(C)ccc2OC)C(C)C)cc1. The molecular weight excluding hydrogens is 412 g/mol. The minimum Gasteiger partial charge on any atom is -0.495 e. The van der Waals surface area contributed by atoms with Gasteiger partial charge in [-0.2, -0.15) is 0 Å². The lowest BCUT2D eigenvalue weighted by atomic mass is 10.0. The summed E-state index contributed by atoms with van der Waals surface area (Å²) in [6, 6.07) is 11.0. The van der Waals surface area contributed by atoms with Crippen LogP contribution in [0, 0.1) is 12.8 Å². The van der Waals surface area contributed by atoms with Gasteiger partial charge in [-0.05, 0) is 61.7 Å². The van der Waals surface area contributed by atoms with E-state index in [9.17, 15) is 14.4 Å². The van der Waals surface area contributed by atoms with Crippen LogP contribution in [0.15, 0.2) is 42.5 Å². The van der Waals surface area contributed by atoms with Crippen molar-refractivity contribution in [1.82, 2.24) is 5.32 Å². The zero-order valence-corrected chi connectivity index (χ0v) is 19.1. The Morgan fingerprint density at radius 2 is 1.72 bits per heavy atom. The van der Waals surface area contributed by atoms with Crippen molar-refractivity contribution in [3.8, 4) is 11.5 Å². The molecule has 0 saturated heterocycles. The molecule has 172 valence electrons. The van der Waals surface area contributed by atoms with Crippen molar-refractivity contribution in [1.29, 1.82) is 0 Å². The summed E-state index contributed by atoms with van der Waals surface area (Å²) in [5, 5.41) is 5.34. The average Bonchev–Trinajstić information content (AvgIpc) is 2.76. The van der Waals surface area contributed by atoms with Crippen LogP contribution in [0.1, 0.15) is 36.7 Å². The summed E-state index contributed by atoms with van der Waals surface area (Å²) in [5.41, 5.74) is 1.81. The predicted octanol–water partition coefficient (Wildman–Crippen LogP) is 3.34. The average molecular weight is 443 g/mol. The highest BCUT2D eigenvalue weighted by atomic mass is 16.5. The number of hydrogen-bond acceptors (Lipinski definition) is 6. The molecule has 2 amide bonds. The van der Waals surface area contributed by atoms with Gasteiger partial charge >= 0.3 is 5.97 Å². The normalized spacial score (nSPS) is 11.4. The van der Waals surface area contributed by atoms with Gasteiger partial charge in [0.25, 0.3) is 11.8 Å². The fraction of sp³-hybridized carbons (Fsp3) is 0.375. The molecule has 2 aromatic carbocycles. The second-order valence-electron chi connectivity index (χ2n) is 7.51. The van der Waals surface area contributed by atoms with E-state index in [4.69, 9.17) is 14.2 Å². The Morgan fingerprint density at radius 3 is 2.31 bits per heavy atom. The molecule has 32 heavy (non-hydrogen) atoms. The summed E-state index contributed by atoms with van der Waals surface area (Å²) < 4.78 is 15.8. The molecule has 2 N–H and O–H groups in total. The van der Waals surface area contributed by atoms with Crippen LogP contribution < -0.4 is 20.1 Å². The summed E-state index contributed by atoms with van der Waals surface area (Å²) >= 11 is 0. The molecule has 0 saturated carbocycles. The molecule has 0 spiro atoms.